The highest BCUT2D eigenvalue weighted by Crippen LogP contribution is 2.37. The Morgan fingerprint density at radius 1 is 1.04 bits per heavy atom. The monoisotopic (exact) mass is 809 g/mol. The molecule has 2 saturated heterocycles. The van der Waals surface area contributed by atoms with Gasteiger partial charge in [0.2, 0.25) is 11.8 Å². The largest absolute Gasteiger partial charge is 0.474 e. The number of amides is 2. The van der Waals surface area contributed by atoms with Crippen LogP contribution in [0.2, 0.25) is 0 Å². The van der Waals surface area contributed by atoms with Crippen molar-refractivity contribution < 1.29 is 31.7 Å². The molecule has 7 rings (SSSR count). The molecule has 3 fully saturated rings. The van der Waals surface area contributed by atoms with Crippen LogP contribution in [0.1, 0.15) is 80.4 Å². The van der Waals surface area contributed by atoms with Crippen molar-refractivity contribution in [1.29, 1.82) is 0 Å². The Balaban J connectivity index is 0.913. The highest BCUT2D eigenvalue weighted by molar-refractivity contribution is 7.82. The van der Waals surface area contributed by atoms with Crippen LogP contribution in [0.5, 0.6) is 5.88 Å². The van der Waals surface area contributed by atoms with Crippen molar-refractivity contribution in [1.82, 2.24) is 34.3 Å². The van der Waals surface area contributed by atoms with Gasteiger partial charge < -0.3 is 20.2 Å². The first-order chi connectivity index (χ1) is 27.5. The third kappa shape index (κ3) is 9.58. The van der Waals surface area contributed by atoms with Gasteiger partial charge >= 0.3 is 12.2 Å². The number of aldehydes is 1. The number of nitrogens with zero attached hydrogens (tertiary/aromatic N) is 7. The average Bonchev–Trinajstić information content (AvgIpc) is 3.85. The summed E-state index contributed by atoms with van der Waals surface area (Å²) in [6.07, 6.45) is 3.44. The van der Waals surface area contributed by atoms with Crippen LogP contribution in [0.25, 0.3) is 10.9 Å². The lowest BCUT2D eigenvalue weighted by molar-refractivity contribution is -0.139. The molecule has 1 aliphatic carbocycles. The molecule has 2 N–H and O–H groups in total. The topological polar surface area (TPSA) is 138 Å². The quantitative estimate of drug-likeness (QED) is 0.147. The minimum atomic E-state index is -4.61. The Morgan fingerprint density at radius 2 is 1.79 bits per heavy atom. The maximum absolute atomic E-state index is 13.7. The van der Waals surface area contributed by atoms with E-state index in [1.165, 1.54) is 10.5 Å². The van der Waals surface area contributed by atoms with Crippen molar-refractivity contribution in [3.05, 3.63) is 65.4 Å². The van der Waals surface area contributed by atoms with Gasteiger partial charge in [0.15, 0.2) is 5.82 Å². The lowest BCUT2D eigenvalue weighted by atomic mass is 9.89. The first-order valence-electron chi connectivity index (χ1n) is 19.8. The zero-order valence-electron chi connectivity index (χ0n) is 32.3. The number of nitrogens with one attached hydrogen (secondary N) is 2. The fraction of sp³-hybridized carbons (Fsp3) is 0.525. The molecule has 17 heteroatoms. The molecule has 13 nitrogen and oxygen atoms in total. The average molecular weight is 810 g/mol. The number of fused-ring (bicyclic) bond motifs is 1. The van der Waals surface area contributed by atoms with Crippen molar-refractivity contribution in [2.75, 3.05) is 50.0 Å². The van der Waals surface area contributed by atoms with Crippen LogP contribution in [-0.2, 0) is 35.5 Å². The molecule has 57 heavy (non-hydrogen) atoms. The van der Waals surface area contributed by atoms with Crippen LogP contribution in [0.15, 0.2) is 53.6 Å². The van der Waals surface area contributed by atoms with Crippen LogP contribution in [-0.4, -0.2) is 97.4 Å². The molecule has 2 aromatic carbocycles. The van der Waals surface area contributed by atoms with Gasteiger partial charge in [-0.1, -0.05) is 18.2 Å². The first-order valence-corrected chi connectivity index (χ1v) is 20.9. The molecule has 4 heterocycles. The molecule has 0 radical (unpaired) electrons. The lowest BCUT2D eigenvalue weighted by Gasteiger charge is -2.33. The van der Waals surface area contributed by atoms with E-state index in [0.29, 0.717) is 50.5 Å². The lowest BCUT2D eigenvalue weighted by Crippen LogP contribution is -2.40. The number of aryl methyl sites for hydroxylation is 1. The summed E-state index contributed by atoms with van der Waals surface area (Å²) in [7, 11) is 2.07. The molecule has 2 aliphatic heterocycles. The van der Waals surface area contributed by atoms with E-state index in [1.54, 1.807) is 11.7 Å². The highest BCUT2D eigenvalue weighted by Gasteiger charge is 2.37. The molecule has 306 valence electrons. The molecule has 4 aromatic rings. The number of anilines is 2. The number of hydrogen-bond donors (Lipinski definition) is 2. The summed E-state index contributed by atoms with van der Waals surface area (Å²) < 4.78 is 64.1. The number of piperidine rings is 2. The van der Waals surface area contributed by atoms with Gasteiger partial charge in [0.25, 0.3) is 0 Å². The minimum absolute atomic E-state index is 0.0781. The summed E-state index contributed by atoms with van der Waals surface area (Å²) in [5, 5.41) is 11.3. The Morgan fingerprint density at radius 3 is 2.49 bits per heavy atom. The first kappa shape index (κ1) is 40.6. The summed E-state index contributed by atoms with van der Waals surface area (Å²) >= 11 is 0. The van der Waals surface area contributed by atoms with Crippen molar-refractivity contribution in [3.8, 4) is 5.88 Å². The molecule has 2 amide bonds. The SMILES string of the molecule is CNC(=O)N(CCC=O)c1nn(C)c2cc(C3CCN(Cc4cccc(S(=O)N5CCC(Nc6ncc(C(F)(F)F)c(OC7CCCC7)n6)CC5)c4)CC3)ccc12. The smallest absolute Gasteiger partial charge is 0.423 e. The molecule has 2 aromatic heterocycles. The molecule has 0 bridgehead atoms. The second-order valence-electron chi connectivity index (χ2n) is 15.1. The van der Waals surface area contributed by atoms with Crippen molar-refractivity contribution in [2.24, 2.45) is 7.05 Å². The number of likely N-dealkylation sites (tertiary alicyclic amines) is 1. The van der Waals surface area contributed by atoms with Crippen LogP contribution in [0.4, 0.5) is 29.7 Å². The third-order valence-corrected chi connectivity index (χ3v) is 12.8. The number of carbonyl (C=O) groups is 2. The Kier molecular flexibility index (Phi) is 12.7. The Hall–Kier alpha value is -4.61. The van der Waals surface area contributed by atoms with Gasteiger partial charge in [0.1, 0.15) is 28.9 Å². The fourth-order valence-corrected chi connectivity index (χ4v) is 9.43. The maximum atomic E-state index is 13.7. The second-order valence-corrected chi connectivity index (χ2v) is 16.6. The third-order valence-electron chi connectivity index (χ3n) is 11.3. The number of urea groups is 1. The van der Waals surface area contributed by atoms with Crippen molar-refractivity contribution in [2.45, 2.75) is 93.5 Å². The van der Waals surface area contributed by atoms with Gasteiger partial charge in [-0.05, 0) is 106 Å². The van der Waals surface area contributed by atoms with Gasteiger partial charge in [-0.2, -0.15) is 23.3 Å². The molecular weight excluding hydrogens is 760 g/mol. The van der Waals surface area contributed by atoms with Gasteiger partial charge in [0, 0.05) is 64.3 Å². The van der Waals surface area contributed by atoms with Crippen LogP contribution < -0.4 is 20.3 Å². The molecule has 0 spiro atoms. The van der Waals surface area contributed by atoms with E-state index in [4.69, 9.17) is 4.74 Å². The molecular formula is C40H50F3N9O4S. The molecule has 1 unspecified atom stereocenters. The van der Waals surface area contributed by atoms with Crippen LogP contribution in [0.3, 0.4) is 0 Å². The predicted molar refractivity (Wildman–Crippen MR) is 211 cm³/mol. The van der Waals surface area contributed by atoms with Gasteiger partial charge in [-0.15, -0.1) is 0 Å². The number of hydrogen-bond acceptors (Lipinski definition) is 9. The van der Waals surface area contributed by atoms with Crippen LogP contribution >= 0.6 is 0 Å². The Labute approximate surface area is 332 Å². The fourth-order valence-electron chi connectivity index (χ4n) is 8.15. The number of alkyl halides is 3. The van der Waals surface area contributed by atoms with Crippen LogP contribution in [0, 0.1) is 0 Å². The normalized spacial score (nSPS) is 18.5. The number of benzene rings is 2. The predicted octanol–water partition coefficient (Wildman–Crippen LogP) is 6.42. The molecule has 1 saturated carbocycles. The minimum Gasteiger partial charge on any atom is -0.474 e. The molecule has 1 atom stereocenters. The zero-order chi connectivity index (χ0) is 40.1. The summed E-state index contributed by atoms with van der Waals surface area (Å²) in [5.74, 6) is 0.594. The van der Waals surface area contributed by atoms with Gasteiger partial charge in [0.05, 0.1) is 10.4 Å². The van der Waals surface area contributed by atoms with E-state index in [1.807, 2.05) is 35.6 Å². The van der Waals surface area contributed by atoms with Crippen molar-refractivity contribution in [3.63, 3.8) is 0 Å². The zero-order valence-corrected chi connectivity index (χ0v) is 33.2. The Bertz CT molecular complexity index is 2060. The molecule has 3 aliphatic rings. The van der Waals surface area contributed by atoms with E-state index in [-0.39, 0.29) is 37.1 Å². The highest BCUT2D eigenvalue weighted by atomic mass is 32.2. The summed E-state index contributed by atoms with van der Waals surface area (Å²) in [4.78, 5) is 36.4. The second kappa shape index (κ2) is 17.9. The van der Waals surface area contributed by atoms with Gasteiger partial charge in [-0.3, -0.25) is 14.5 Å². The summed E-state index contributed by atoms with van der Waals surface area (Å²) in [5.41, 5.74) is 2.30. The summed E-state index contributed by atoms with van der Waals surface area (Å²) in [6.45, 7) is 3.93. The van der Waals surface area contributed by atoms with E-state index in [0.717, 1.165) is 79.2 Å². The number of ether oxygens (including phenoxy) is 1. The van der Waals surface area contributed by atoms with Gasteiger partial charge in [-0.25, -0.2) is 18.3 Å². The van der Waals surface area contributed by atoms with E-state index in [9.17, 15) is 27.0 Å². The van der Waals surface area contributed by atoms with E-state index in [2.05, 4.69) is 48.8 Å². The number of carbonyl (C=O) groups excluding carboxylic acids is 2. The van der Waals surface area contributed by atoms with E-state index >= 15 is 0 Å². The van der Waals surface area contributed by atoms with E-state index < -0.39 is 28.6 Å². The number of halogens is 3. The standard InChI is InChI=1S/C40H50F3N9O4S/c1-44-39(54)52(17-6-22-53)36-33-12-11-29(24-35(33)49(2)48-36)28-13-18-50(19-14-28)26-27-7-5-10-32(23-27)57(55)51-20-15-30(16-21-51)46-38-45-25-34(40(41,42)43)37(47-38)56-31-8-3-4-9-31/h5,7,10-12,22-25,28,30-31H,3-4,6,8-9,13-21,26H2,1-2H3,(H,44,54)(H,45,46,47). The summed E-state index contributed by atoms with van der Waals surface area (Å²) in [6, 6.07) is 13.9. The number of rotatable bonds is 13. The maximum Gasteiger partial charge on any atom is 0.423 e. The van der Waals surface area contributed by atoms with Crippen molar-refractivity contribution >= 4 is 46.0 Å². The number of aromatic nitrogens is 4.